The molecule has 4 aromatic rings. The number of rotatable bonds is 6. The molecule has 2 aliphatic rings. The van der Waals surface area contributed by atoms with Gasteiger partial charge in [-0.2, -0.15) is 0 Å². The van der Waals surface area contributed by atoms with Crippen LogP contribution in [0.25, 0.3) is 45.9 Å². The zero-order valence-electron chi connectivity index (χ0n) is 21.0. The zero-order valence-corrected chi connectivity index (χ0v) is 21.0. The Balaban J connectivity index is 1.40. The van der Waals surface area contributed by atoms with Crippen molar-refractivity contribution >= 4 is 51.8 Å². The molecule has 8 bridgehead atoms. The van der Waals surface area contributed by atoms with Crippen molar-refractivity contribution in [3.8, 4) is 5.75 Å². The second-order valence-electron chi connectivity index (χ2n) is 9.30. The van der Waals surface area contributed by atoms with Crippen LogP contribution in [-0.2, 0) is 4.79 Å². The molecule has 1 amide bonds. The van der Waals surface area contributed by atoms with E-state index in [9.17, 15) is 4.79 Å². The summed E-state index contributed by atoms with van der Waals surface area (Å²) in [5, 5.41) is 2.79. The number of nitrogens with zero attached hydrogens (tertiary/aromatic N) is 2. The molecule has 0 aliphatic carbocycles. The van der Waals surface area contributed by atoms with E-state index >= 15 is 0 Å². The lowest BCUT2D eigenvalue weighted by Crippen LogP contribution is -2.22. The molecule has 2 aliphatic heterocycles. The number of benzene rings is 1. The average molecular weight is 502 g/mol. The Labute approximate surface area is 220 Å². The number of ether oxygens (including phenoxy) is 1. The van der Waals surface area contributed by atoms with Crippen LogP contribution in [0.3, 0.4) is 0 Å². The molecule has 7 nitrogen and oxygen atoms in total. The molecule has 0 saturated carbocycles. The minimum atomic E-state index is -0.0313. The average Bonchev–Trinajstić information content (AvgIpc) is 3.69. The third kappa shape index (κ3) is 5.42. The quantitative estimate of drug-likeness (QED) is 0.245. The summed E-state index contributed by atoms with van der Waals surface area (Å²) in [5.74, 6) is 0.746. The second-order valence-corrected chi connectivity index (χ2v) is 9.30. The number of hydrogen-bond donors (Lipinski definition) is 3. The zero-order chi connectivity index (χ0) is 25.9. The van der Waals surface area contributed by atoms with Crippen LogP contribution in [-0.4, -0.2) is 39.0 Å². The summed E-state index contributed by atoms with van der Waals surface area (Å²) in [5.41, 5.74) is 9.44. The molecule has 0 unspecified atom stereocenters. The maximum atomic E-state index is 11.1. The molecule has 38 heavy (non-hydrogen) atoms. The molecule has 3 N–H and O–H groups in total. The topological polar surface area (TPSA) is 95.7 Å². The van der Waals surface area contributed by atoms with Crippen molar-refractivity contribution in [2.45, 2.75) is 13.3 Å². The van der Waals surface area contributed by atoms with Crippen LogP contribution in [0.2, 0.25) is 0 Å². The van der Waals surface area contributed by atoms with Crippen molar-refractivity contribution in [2.24, 2.45) is 0 Å². The van der Waals surface area contributed by atoms with Crippen LogP contribution in [0, 0.1) is 0 Å². The van der Waals surface area contributed by atoms with Crippen LogP contribution in [0.15, 0.2) is 72.8 Å². The van der Waals surface area contributed by atoms with E-state index in [4.69, 9.17) is 14.7 Å². The number of H-pyrrole nitrogens is 2. The maximum absolute atomic E-state index is 11.1. The molecule has 0 saturated heterocycles. The first-order valence-electron chi connectivity index (χ1n) is 12.6. The van der Waals surface area contributed by atoms with Crippen LogP contribution in [0.4, 0.5) is 0 Å². The van der Waals surface area contributed by atoms with E-state index < -0.39 is 0 Å². The summed E-state index contributed by atoms with van der Waals surface area (Å²) in [6.07, 6.45) is 6.85. The lowest BCUT2D eigenvalue weighted by Gasteiger charge is -2.09. The first kappa shape index (κ1) is 23.5. The Morgan fingerprint density at radius 1 is 0.816 bits per heavy atom. The molecular weight excluding hydrogens is 474 g/mol. The molecule has 0 spiro atoms. The first-order chi connectivity index (χ1) is 18.6. The molecule has 0 radical (unpaired) electrons. The highest BCUT2D eigenvalue weighted by Gasteiger charge is 2.14. The summed E-state index contributed by atoms with van der Waals surface area (Å²) >= 11 is 0. The van der Waals surface area contributed by atoms with Gasteiger partial charge in [0, 0.05) is 41.1 Å². The summed E-state index contributed by atoms with van der Waals surface area (Å²) < 4.78 is 5.96. The maximum Gasteiger partial charge on any atom is 0.216 e. The van der Waals surface area contributed by atoms with Gasteiger partial charge in [-0.15, -0.1) is 0 Å². The van der Waals surface area contributed by atoms with Gasteiger partial charge in [0.1, 0.15) is 5.75 Å². The number of aromatic amines is 2. The van der Waals surface area contributed by atoms with Gasteiger partial charge in [-0.25, -0.2) is 9.97 Å². The summed E-state index contributed by atoms with van der Waals surface area (Å²) in [6, 6.07) is 24.4. The minimum Gasteiger partial charge on any atom is -0.494 e. The third-order valence-electron chi connectivity index (χ3n) is 6.27. The number of carbonyl (C=O) groups is 1. The van der Waals surface area contributed by atoms with E-state index in [2.05, 4.69) is 57.8 Å². The monoisotopic (exact) mass is 501 g/mol. The number of nitrogens with one attached hydrogen (secondary N) is 3. The fraction of sp³-hybridized carbons (Fsp3) is 0.129. The smallest absolute Gasteiger partial charge is 0.216 e. The molecule has 1 aromatic carbocycles. The normalized spacial score (nSPS) is 12.3. The Morgan fingerprint density at radius 3 is 2.24 bits per heavy atom. The number of aromatic nitrogens is 4. The number of hydrogen-bond acceptors (Lipinski definition) is 4. The fourth-order valence-electron chi connectivity index (χ4n) is 4.53. The second kappa shape index (κ2) is 10.2. The van der Waals surface area contributed by atoms with Crippen molar-refractivity contribution in [1.82, 2.24) is 25.3 Å². The lowest BCUT2D eigenvalue weighted by atomic mass is 10.0. The van der Waals surface area contributed by atoms with Gasteiger partial charge in [0.25, 0.3) is 0 Å². The van der Waals surface area contributed by atoms with Crippen LogP contribution < -0.4 is 10.1 Å². The van der Waals surface area contributed by atoms with Gasteiger partial charge >= 0.3 is 0 Å². The largest absolute Gasteiger partial charge is 0.494 e. The summed E-state index contributed by atoms with van der Waals surface area (Å²) in [4.78, 5) is 27.7. The highest BCUT2D eigenvalue weighted by molar-refractivity contribution is 5.93. The molecule has 7 heteroatoms. The van der Waals surface area contributed by atoms with E-state index in [0.29, 0.717) is 13.2 Å². The Kier molecular flexibility index (Phi) is 6.32. The Morgan fingerprint density at radius 2 is 1.50 bits per heavy atom. The standard InChI is InChI=1S/C31H27N5O2/c1-20(37)32-12-3-13-38-29-5-2-4-21(14-29)30-18-28-17-26-9-8-24(34-26)15-22-6-7-23(33-22)16-25-10-11-27(35-25)19-31(30)36-28/h2,4-11,14-19,33-34H,3,12-13H2,1H3,(H,32,37). The van der Waals surface area contributed by atoms with Gasteiger partial charge in [0.2, 0.25) is 5.91 Å². The number of carbonyl (C=O) groups excluding carboxylic acids is 1. The molecule has 5 heterocycles. The van der Waals surface area contributed by atoms with Crippen molar-refractivity contribution in [1.29, 1.82) is 0 Å². The van der Waals surface area contributed by atoms with Crippen molar-refractivity contribution in [2.75, 3.05) is 13.2 Å². The van der Waals surface area contributed by atoms with E-state index in [-0.39, 0.29) is 5.91 Å². The molecule has 188 valence electrons. The molecular formula is C31H27N5O2. The van der Waals surface area contributed by atoms with E-state index in [1.165, 1.54) is 6.92 Å². The van der Waals surface area contributed by atoms with Crippen molar-refractivity contribution in [3.63, 3.8) is 0 Å². The predicted molar refractivity (Wildman–Crippen MR) is 152 cm³/mol. The molecule has 3 aromatic heterocycles. The van der Waals surface area contributed by atoms with E-state index in [1.807, 2.05) is 48.6 Å². The molecule has 6 rings (SSSR count). The van der Waals surface area contributed by atoms with Gasteiger partial charge < -0.3 is 20.0 Å². The summed E-state index contributed by atoms with van der Waals surface area (Å²) in [7, 11) is 0. The number of amides is 1. The van der Waals surface area contributed by atoms with E-state index in [0.717, 1.165) is 68.1 Å². The Bertz CT molecular complexity index is 1740. The van der Waals surface area contributed by atoms with Crippen LogP contribution >= 0.6 is 0 Å². The molecule has 0 atom stereocenters. The predicted octanol–water partition coefficient (Wildman–Crippen LogP) is 5.98. The lowest BCUT2D eigenvalue weighted by molar-refractivity contribution is -0.118. The third-order valence-corrected chi connectivity index (χ3v) is 6.27. The summed E-state index contributed by atoms with van der Waals surface area (Å²) in [6.45, 7) is 2.63. The minimum absolute atomic E-state index is 0.0313. The fourth-order valence-corrected chi connectivity index (χ4v) is 4.53. The van der Waals surface area contributed by atoms with Crippen molar-refractivity contribution in [3.05, 3.63) is 101 Å². The highest BCUT2D eigenvalue weighted by Crippen LogP contribution is 2.31. The Hall–Kier alpha value is -4.91. The van der Waals surface area contributed by atoms with E-state index in [1.54, 1.807) is 0 Å². The highest BCUT2D eigenvalue weighted by atomic mass is 16.5. The first-order valence-corrected chi connectivity index (χ1v) is 12.6. The van der Waals surface area contributed by atoms with Gasteiger partial charge in [-0.1, -0.05) is 12.1 Å². The number of fused-ring (bicyclic) bond motifs is 8. The van der Waals surface area contributed by atoms with Gasteiger partial charge in [0.05, 0.1) is 29.4 Å². The molecule has 0 fully saturated rings. The SMILES string of the molecule is CC(=O)NCCCOc1cccc(C2=Cc3cc4ccc(cc5ccc(cc6nc(cc2n3)C=C6)[nH]5)[nH]4)c1. The van der Waals surface area contributed by atoms with Gasteiger partial charge in [-0.3, -0.25) is 4.79 Å². The van der Waals surface area contributed by atoms with Crippen LogP contribution in [0.1, 0.15) is 41.7 Å². The van der Waals surface area contributed by atoms with Gasteiger partial charge in [0.15, 0.2) is 0 Å². The van der Waals surface area contributed by atoms with Crippen molar-refractivity contribution < 1.29 is 9.53 Å². The van der Waals surface area contributed by atoms with Gasteiger partial charge in [-0.05, 0) is 90.9 Å². The van der Waals surface area contributed by atoms with Crippen LogP contribution in [0.5, 0.6) is 5.75 Å².